The van der Waals surface area contributed by atoms with Crippen LogP contribution in [0.25, 0.3) is 5.69 Å². The smallest absolute Gasteiger partial charge is 0.194 e. The van der Waals surface area contributed by atoms with Gasteiger partial charge in [0.2, 0.25) is 0 Å². The number of rotatable bonds is 5. The van der Waals surface area contributed by atoms with Gasteiger partial charge in [-0.05, 0) is 45.7 Å². The molecule has 2 aromatic rings. The number of anilines is 1. The first kappa shape index (κ1) is 25.0. The molecule has 0 spiro atoms. The van der Waals surface area contributed by atoms with Crippen molar-refractivity contribution in [2.24, 2.45) is 10.4 Å². The highest BCUT2D eigenvalue weighted by Crippen LogP contribution is 2.46. The summed E-state index contributed by atoms with van der Waals surface area (Å²) in [5.41, 5.74) is 9.76. The Morgan fingerprint density at radius 3 is 2.42 bits per heavy atom. The molecule has 0 saturated carbocycles. The number of hydrogen-bond acceptors (Lipinski definition) is 4. The lowest BCUT2D eigenvalue weighted by molar-refractivity contribution is -0.0667. The molecule has 0 bridgehead atoms. The first-order chi connectivity index (χ1) is 14.1. The molecule has 1 aromatic carbocycles. The number of nitriles is 1. The monoisotopic (exact) mass is 535 g/mol. The fourth-order valence-corrected chi connectivity index (χ4v) is 3.81. The van der Waals surface area contributed by atoms with Gasteiger partial charge in [-0.1, -0.05) is 31.5 Å². The molecule has 0 unspecified atom stereocenters. The fourth-order valence-electron chi connectivity index (χ4n) is 3.81. The molecular formula is C23H34IN7. The van der Waals surface area contributed by atoms with E-state index in [4.69, 9.17) is 5.73 Å². The highest BCUT2D eigenvalue weighted by atomic mass is 127. The molecule has 1 aliphatic rings. The van der Waals surface area contributed by atoms with Crippen LogP contribution >= 0.6 is 24.0 Å². The minimum Gasteiger partial charge on any atom is -0.382 e. The van der Waals surface area contributed by atoms with Gasteiger partial charge in [0.15, 0.2) is 5.96 Å². The Hall–Kier alpha value is -2.28. The molecular weight excluding hydrogens is 501 g/mol. The minimum absolute atomic E-state index is 0. The lowest BCUT2D eigenvalue weighted by Gasteiger charge is -2.62. The van der Waals surface area contributed by atoms with Crippen molar-refractivity contribution in [3.63, 3.8) is 0 Å². The largest absolute Gasteiger partial charge is 0.382 e. The van der Waals surface area contributed by atoms with Crippen LogP contribution in [0, 0.1) is 23.7 Å². The third-order valence-corrected chi connectivity index (χ3v) is 6.61. The van der Waals surface area contributed by atoms with Crippen LogP contribution in [-0.4, -0.2) is 46.3 Å². The van der Waals surface area contributed by atoms with Gasteiger partial charge in [-0.15, -0.1) is 24.0 Å². The van der Waals surface area contributed by atoms with Gasteiger partial charge < -0.3 is 16.0 Å². The van der Waals surface area contributed by atoms with Crippen LogP contribution in [0.5, 0.6) is 0 Å². The zero-order valence-corrected chi connectivity index (χ0v) is 21.7. The number of nitrogens with one attached hydrogen (secondary N) is 1. The third kappa shape index (κ3) is 4.66. The van der Waals surface area contributed by atoms with Gasteiger partial charge >= 0.3 is 0 Å². The van der Waals surface area contributed by atoms with E-state index in [-0.39, 0.29) is 34.9 Å². The Balaban J connectivity index is 0.00000341. The van der Waals surface area contributed by atoms with E-state index < -0.39 is 0 Å². The Morgan fingerprint density at radius 2 is 1.90 bits per heavy atom. The molecule has 1 saturated heterocycles. The number of aryl methyl sites for hydroxylation is 2. The fraction of sp³-hybridized carbons (Fsp3) is 0.522. The maximum atomic E-state index is 9.58. The van der Waals surface area contributed by atoms with Crippen molar-refractivity contribution in [2.75, 3.05) is 25.9 Å². The van der Waals surface area contributed by atoms with Crippen molar-refractivity contribution in [1.29, 1.82) is 5.26 Å². The Labute approximate surface area is 202 Å². The second kappa shape index (κ2) is 9.47. The SMILES string of the molecule is CN=C(NCCCc1nn(-c2ccc(C)cc2)c(N)c1C#N)N1CC(C)(C)C1(C)C.I. The number of benzene rings is 1. The van der Waals surface area contributed by atoms with Gasteiger partial charge in [0, 0.05) is 31.1 Å². The van der Waals surface area contributed by atoms with Crippen LogP contribution in [0.15, 0.2) is 29.3 Å². The molecule has 1 fully saturated rings. The summed E-state index contributed by atoms with van der Waals surface area (Å²) in [5.74, 6) is 1.31. The van der Waals surface area contributed by atoms with Crippen molar-refractivity contribution >= 4 is 35.8 Å². The summed E-state index contributed by atoms with van der Waals surface area (Å²) in [6.45, 7) is 12.8. The Bertz CT molecular complexity index is 981. The second-order valence-corrected chi connectivity index (χ2v) is 9.17. The molecule has 31 heavy (non-hydrogen) atoms. The van der Waals surface area contributed by atoms with E-state index in [2.05, 4.69) is 54.1 Å². The summed E-state index contributed by atoms with van der Waals surface area (Å²) in [6, 6.07) is 10.2. The molecule has 0 amide bonds. The zero-order chi connectivity index (χ0) is 22.1. The molecule has 3 rings (SSSR count). The number of aliphatic imine (C=N–C) groups is 1. The summed E-state index contributed by atoms with van der Waals surface area (Å²) >= 11 is 0. The van der Waals surface area contributed by atoms with Crippen LogP contribution in [0.2, 0.25) is 0 Å². The Morgan fingerprint density at radius 1 is 1.26 bits per heavy atom. The number of guanidine groups is 1. The van der Waals surface area contributed by atoms with Gasteiger partial charge in [-0.3, -0.25) is 4.99 Å². The predicted molar refractivity (Wildman–Crippen MR) is 137 cm³/mol. The highest BCUT2D eigenvalue weighted by Gasteiger charge is 2.53. The van der Waals surface area contributed by atoms with Crippen molar-refractivity contribution in [2.45, 2.75) is 53.0 Å². The van der Waals surface area contributed by atoms with Gasteiger partial charge in [-0.25, -0.2) is 4.68 Å². The van der Waals surface area contributed by atoms with Crippen LogP contribution in [0.4, 0.5) is 5.82 Å². The topological polar surface area (TPSA) is 95.3 Å². The highest BCUT2D eigenvalue weighted by molar-refractivity contribution is 14.0. The van der Waals surface area contributed by atoms with Crippen molar-refractivity contribution in [3.8, 4) is 11.8 Å². The average Bonchev–Trinajstić information content (AvgIpc) is 3.02. The molecule has 8 heteroatoms. The molecule has 1 aromatic heterocycles. The van der Waals surface area contributed by atoms with Crippen LogP contribution in [0.3, 0.4) is 0 Å². The van der Waals surface area contributed by atoms with E-state index in [1.165, 1.54) is 5.56 Å². The molecule has 1 aliphatic heterocycles. The van der Waals surface area contributed by atoms with Crippen LogP contribution in [-0.2, 0) is 6.42 Å². The summed E-state index contributed by atoms with van der Waals surface area (Å²) < 4.78 is 1.66. The number of halogens is 1. The van der Waals surface area contributed by atoms with Crippen LogP contribution in [0.1, 0.15) is 50.9 Å². The first-order valence-electron chi connectivity index (χ1n) is 10.4. The number of hydrogen-bond donors (Lipinski definition) is 2. The normalized spacial score (nSPS) is 16.8. The van der Waals surface area contributed by atoms with Gasteiger partial charge in [0.25, 0.3) is 0 Å². The minimum atomic E-state index is 0. The van der Waals surface area contributed by atoms with E-state index in [9.17, 15) is 5.26 Å². The molecule has 168 valence electrons. The van der Waals surface area contributed by atoms with E-state index >= 15 is 0 Å². The Kier molecular flexibility index (Phi) is 7.63. The lowest BCUT2D eigenvalue weighted by Crippen LogP contribution is -2.72. The molecule has 2 heterocycles. The molecule has 0 atom stereocenters. The second-order valence-electron chi connectivity index (χ2n) is 9.17. The summed E-state index contributed by atoms with van der Waals surface area (Å²) in [6.07, 6.45) is 1.50. The van der Waals surface area contributed by atoms with Crippen molar-refractivity contribution < 1.29 is 0 Å². The third-order valence-electron chi connectivity index (χ3n) is 6.61. The maximum Gasteiger partial charge on any atom is 0.194 e. The quantitative estimate of drug-likeness (QED) is 0.262. The summed E-state index contributed by atoms with van der Waals surface area (Å²) in [7, 11) is 1.82. The predicted octanol–water partition coefficient (Wildman–Crippen LogP) is 3.88. The van der Waals surface area contributed by atoms with Crippen molar-refractivity contribution in [1.82, 2.24) is 20.0 Å². The van der Waals surface area contributed by atoms with Gasteiger partial charge in [-0.2, -0.15) is 10.4 Å². The van der Waals surface area contributed by atoms with E-state index in [1.54, 1.807) is 4.68 Å². The van der Waals surface area contributed by atoms with Crippen LogP contribution < -0.4 is 11.1 Å². The number of nitrogens with two attached hydrogens (primary N) is 1. The molecule has 0 radical (unpaired) electrons. The molecule has 3 N–H and O–H groups in total. The van der Waals surface area contributed by atoms with Crippen molar-refractivity contribution in [3.05, 3.63) is 41.1 Å². The maximum absolute atomic E-state index is 9.58. The average molecular weight is 535 g/mol. The number of likely N-dealkylation sites (tertiary alicyclic amines) is 1. The molecule has 7 nitrogen and oxygen atoms in total. The first-order valence-corrected chi connectivity index (χ1v) is 10.4. The lowest BCUT2D eigenvalue weighted by atomic mass is 9.65. The van der Waals surface area contributed by atoms with E-state index in [1.807, 2.05) is 38.2 Å². The number of nitrogen functional groups attached to an aromatic ring is 1. The standard InChI is InChI=1S/C23H33N7.HI/c1-16-9-11-17(12-10-16)30-20(25)18(14-24)19(28-30)8-7-13-27-21(26-6)29-15-22(2,3)23(29,4)5;/h9-12H,7-8,13,15,25H2,1-6H3,(H,26,27);1H. The zero-order valence-electron chi connectivity index (χ0n) is 19.4. The summed E-state index contributed by atoms with van der Waals surface area (Å²) in [4.78, 5) is 6.77. The number of aromatic nitrogens is 2. The molecule has 0 aliphatic carbocycles. The number of nitrogens with zero attached hydrogens (tertiary/aromatic N) is 5. The van der Waals surface area contributed by atoms with E-state index in [0.717, 1.165) is 36.9 Å². The summed E-state index contributed by atoms with van der Waals surface area (Å²) in [5, 5.41) is 17.7. The van der Waals surface area contributed by atoms with Gasteiger partial charge in [0.1, 0.15) is 17.5 Å². The van der Waals surface area contributed by atoms with E-state index in [0.29, 0.717) is 17.8 Å². The van der Waals surface area contributed by atoms with Gasteiger partial charge in [0.05, 0.1) is 11.4 Å².